The highest BCUT2D eigenvalue weighted by Crippen LogP contribution is 2.42. The van der Waals surface area contributed by atoms with E-state index in [1.54, 1.807) is 10.9 Å². The van der Waals surface area contributed by atoms with Gasteiger partial charge in [0.25, 0.3) is 0 Å². The Labute approximate surface area is 151 Å². The van der Waals surface area contributed by atoms with Gasteiger partial charge in [-0.15, -0.1) is 0 Å². The van der Waals surface area contributed by atoms with E-state index in [0.29, 0.717) is 29.2 Å². The Kier molecular flexibility index (Phi) is 3.57. The Bertz CT molecular complexity index is 860. The summed E-state index contributed by atoms with van der Waals surface area (Å²) in [4.78, 5) is 6.77. The monoisotopic (exact) mass is 358 g/mol. The molecule has 7 nitrogen and oxygen atoms in total. The molecule has 0 bridgehead atoms. The Morgan fingerprint density at radius 2 is 2.27 bits per heavy atom. The van der Waals surface area contributed by atoms with Gasteiger partial charge in [-0.05, 0) is 19.4 Å². The number of fused-ring (bicyclic) bond motifs is 1. The number of aliphatic hydroxyl groups excluding tert-OH is 1. The first-order chi connectivity index (χ1) is 12.6. The molecule has 2 saturated heterocycles. The first kappa shape index (κ1) is 16.2. The van der Waals surface area contributed by atoms with Crippen LogP contribution in [0.25, 0.3) is 11.3 Å². The molecule has 26 heavy (non-hydrogen) atoms. The van der Waals surface area contributed by atoms with Crippen molar-refractivity contribution in [3.63, 3.8) is 0 Å². The Balaban J connectivity index is 1.61. The van der Waals surface area contributed by atoms with E-state index in [1.807, 2.05) is 13.2 Å². The van der Waals surface area contributed by atoms with E-state index in [2.05, 4.69) is 20.6 Å². The summed E-state index contributed by atoms with van der Waals surface area (Å²) in [5, 5.41) is 20.9. The van der Waals surface area contributed by atoms with E-state index >= 15 is 4.39 Å². The van der Waals surface area contributed by atoms with Crippen LogP contribution in [0.4, 0.5) is 10.2 Å². The van der Waals surface area contributed by atoms with Gasteiger partial charge in [0.1, 0.15) is 6.23 Å². The minimum Gasteiger partial charge on any atom is -0.374 e. The van der Waals surface area contributed by atoms with Crippen LogP contribution in [0.5, 0.6) is 0 Å². The first-order valence-corrected chi connectivity index (χ1v) is 9.15. The van der Waals surface area contributed by atoms with Crippen LogP contribution in [0, 0.1) is 11.2 Å². The topological polar surface area (TPSA) is 78.2 Å². The zero-order chi connectivity index (χ0) is 17.9. The van der Waals surface area contributed by atoms with Crippen LogP contribution in [-0.4, -0.2) is 46.1 Å². The number of aryl methyl sites for hydroxylation is 1. The molecule has 0 amide bonds. The minimum absolute atomic E-state index is 0.235. The summed E-state index contributed by atoms with van der Waals surface area (Å²) in [6.07, 6.45) is 4.84. The number of nitrogens with zero attached hydrogens (tertiary/aromatic N) is 4. The van der Waals surface area contributed by atoms with Crippen molar-refractivity contribution in [1.29, 1.82) is 0 Å². The number of halogens is 1. The second-order valence-electron chi connectivity index (χ2n) is 7.77. The summed E-state index contributed by atoms with van der Waals surface area (Å²) in [6, 6.07) is 0. The molecule has 2 unspecified atom stereocenters. The summed E-state index contributed by atoms with van der Waals surface area (Å²) < 4.78 is 17.0. The van der Waals surface area contributed by atoms with Gasteiger partial charge in [-0.3, -0.25) is 10.00 Å². The molecular weight excluding hydrogens is 335 g/mol. The van der Waals surface area contributed by atoms with E-state index < -0.39 is 6.23 Å². The summed E-state index contributed by atoms with van der Waals surface area (Å²) in [5.74, 6) is 0.0991. The van der Waals surface area contributed by atoms with Crippen LogP contribution in [-0.2, 0) is 13.6 Å². The molecule has 3 aliphatic rings. The Morgan fingerprint density at radius 1 is 1.38 bits per heavy atom. The summed E-state index contributed by atoms with van der Waals surface area (Å²) in [6.45, 7) is 3.97. The van der Waals surface area contributed by atoms with Crippen molar-refractivity contribution >= 4 is 5.82 Å². The SMILES string of the molecule is Cn1cc(-c2nc(N3CCC4(CCNC4)C3)c(F)c3c2C(O)NC3)cn1. The highest BCUT2D eigenvalue weighted by atomic mass is 19.1. The average molecular weight is 358 g/mol. The standard InChI is InChI=1S/C18H23FN6O/c1-24-8-11(6-22-24)15-13-12(7-21-17(13)26)14(19)16(23-15)25-5-3-18(10-25)2-4-20-9-18/h6,8,17,20-21,26H,2-5,7,9-10H2,1H3. The van der Waals surface area contributed by atoms with Gasteiger partial charge >= 0.3 is 0 Å². The number of hydrogen-bond donors (Lipinski definition) is 3. The van der Waals surface area contributed by atoms with Crippen molar-refractivity contribution in [3.8, 4) is 11.3 Å². The first-order valence-electron chi connectivity index (χ1n) is 9.15. The molecule has 0 saturated carbocycles. The lowest BCUT2D eigenvalue weighted by Gasteiger charge is -2.25. The van der Waals surface area contributed by atoms with Crippen LogP contribution in [0.2, 0.25) is 0 Å². The summed E-state index contributed by atoms with van der Waals surface area (Å²) >= 11 is 0. The lowest BCUT2D eigenvalue weighted by atomic mass is 9.87. The van der Waals surface area contributed by atoms with E-state index in [-0.39, 0.29) is 11.2 Å². The molecule has 0 aliphatic carbocycles. The molecule has 2 fully saturated rings. The van der Waals surface area contributed by atoms with Crippen LogP contribution >= 0.6 is 0 Å². The zero-order valence-corrected chi connectivity index (χ0v) is 14.8. The fraction of sp³-hybridized carbons (Fsp3) is 0.556. The fourth-order valence-corrected chi connectivity index (χ4v) is 4.61. The number of pyridine rings is 1. The summed E-state index contributed by atoms with van der Waals surface area (Å²) in [5.41, 5.74) is 2.71. The third-order valence-corrected chi connectivity index (χ3v) is 6.05. The lowest BCUT2D eigenvalue weighted by Crippen LogP contribution is -2.30. The quantitative estimate of drug-likeness (QED) is 0.741. The van der Waals surface area contributed by atoms with Gasteiger partial charge < -0.3 is 15.3 Å². The lowest BCUT2D eigenvalue weighted by molar-refractivity contribution is 0.151. The maximum atomic E-state index is 15.3. The van der Waals surface area contributed by atoms with Gasteiger partial charge in [-0.25, -0.2) is 9.37 Å². The molecule has 138 valence electrons. The molecule has 8 heteroatoms. The molecule has 3 aliphatic heterocycles. The van der Waals surface area contributed by atoms with E-state index in [4.69, 9.17) is 4.98 Å². The number of aromatic nitrogens is 3. The number of aliphatic hydroxyl groups is 1. The minimum atomic E-state index is -0.903. The van der Waals surface area contributed by atoms with E-state index in [9.17, 15) is 5.11 Å². The van der Waals surface area contributed by atoms with Gasteiger partial charge in [0.05, 0.1) is 11.9 Å². The van der Waals surface area contributed by atoms with Crippen molar-refractivity contribution < 1.29 is 9.50 Å². The fourth-order valence-electron chi connectivity index (χ4n) is 4.61. The van der Waals surface area contributed by atoms with Crippen LogP contribution in [0.15, 0.2) is 12.4 Å². The van der Waals surface area contributed by atoms with Gasteiger partial charge in [0, 0.05) is 61.5 Å². The van der Waals surface area contributed by atoms with Crippen molar-refractivity contribution in [2.75, 3.05) is 31.1 Å². The number of hydrogen-bond acceptors (Lipinski definition) is 6. The van der Waals surface area contributed by atoms with Gasteiger partial charge in [-0.2, -0.15) is 5.10 Å². The maximum absolute atomic E-state index is 15.3. The molecule has 5 rings (SSSR count). The molecule has 2 atom stereocenters. The smallest absolute Gasteiger partial charge is 0.170 e. The van der Waals surface area contributed by atoms with Crippen molar-refractivity contribution in [2.45, 2.75) is 25.6 Å². The van der Waals surface area contributed by atoms with Gasteiger partial charge in [0.2, 0.25) is 0 Å². The summed E-state index contributed by atoms with van der Waals surface area (Å²) in [7, 11) is 1.83. The molecule has 0 radical (unpaired) electrons. The van der Waals surface area contributed by atoms with Crippen LogP contribution in [0.3, 0.4) is 0 Å². The highest BCUT2D eigenvalue weighted by Gasteiger charge is 2.42. The van der Waals surface area contributed by atoms with E-state index in [0.717, 1.165) is 44.6 Å². The van der Waals surface area contributed by atoms with Crippen molar-refractivity contribution in [2.24, 2.45) is 12.5 Å². The van der Waals surface area contributed by atoms with Crippen LogP contribution in [0.1, 0.15) is 30.2 Å². The predicted molar refractivity (Wildman–Crippen MR) is 94.9 cm³/mol. The maximum Gasteiger partial charge on any atom is 0.170 e. The third kappa shape index (κ3) is 2.36. The molecular formula is C18H23FN6O. The molecule has 5 heterocycles. The van der Waals surface area contributed by atoms with Crippen LogP contribution < -0.4 is 15.5 Å². The predicted octanol–water partition coefficient (Wildman–Crippen LogP) is 0.905. The largest absolute Gasteiger partial charge is 0.374 e. The zero-order valence-electron chi connectivity index (χ0n) is 14.8. The number of nitrogens with one attached hydrogen (secondary N) is 2. The van der Waals surface area contributed by atoms with Gasteiger partial charge in [-0.1, -0.05) is 0 Å². The molecule has 2 aromatic heterocycles. The third-order valence-electron chi connectivity index (χ3n) is 6.05. The molecule has 0 aromatic carbocycles. The van der Waals surface area contributed by atoms with E-state index in [1.165, 1.54) is 0 Å². The number of anilines is 1. The molecule has 2 aromatic rings. The van der Waals surface area contributed by atoms with Crippen molar-refractivity contribution in [1.82, 2.24) is 25.4 Å². The number of rotatable bonds is 2. The second kappa shape index (κ2) is 5.73. The van der Waals surface area contributed by atoms with Gasteiger partial charge in [0.15, 0.2) is 11.6 Å². The van der Waals surface area contributed by atoms with Crippen molar-refractivity contribution in [3.05, 3.63) is 29.3 Å². The molecule has 1 spiro atoms. The normalized spacial score (nSPS) is 27.7. The average Bonchev–Trinajstić information content (AvgIpc) is 3.40. The second-order valence-corrected chi connectivity index (χ2v) is 7.77. The highest BCUT2D eigenvalue weighted by molar-refractivity contribution is 5.68. The Hall–Kier alpha value is -2.03. The Morgan fingerprint density at radius 3 is 3.00 bits per heavy atom. The molecule has 3 N–H and O–H groups in total.